The Labute approximate surface area is 82.4 Å². The molecule has 1 nitrogen and oxygen atoms in total. The van der Waals surface area contributed by atoms with Gasteiger partial charge in [0.15, 0.2) is 0 Å². The van der Waals surface area contributed by atoms with Crippen molar-refractivity contribution in [2.75, 3.05) is 6.61 Å². The van der Waals surface area contributed by atoms with Crippen LogP contribution in [0.4, 0.5) is 8.78 Å². The minimum absolute atomic E-state index is 0.0383. The first-order valence-electron chi connectivity index (χ1n) is 4.69. The number of aryl methyl sites for hydroxylation is 1. The van der Waals surface area contributed by atoms with Gasteiger partial charge in [-0.05, 0) is 31.4 Å². The van der Waals surface area contributed by atoms with E-state index in [1.807, 2.05) is 0 Å². The van der Waals surface area contributed by atoms with Crippen molar-refractivity contribution in [3.05, 3.63) is 35.1 Å². The summed E-state index contributed by atoms with van der Waals surface area (Å²) in [5, 5.41) is 8.64. The van der Waals surface area contributed by atoms with E-state index in [1.54, 1.807) is 12.1 Å². The molecule has 0 radical (unpaired) electrons. The molecule has 0 saturated carbocycles. The number of aliphatic hydroxyl groups is 1. The molecule has 0 fully saturated rings. The summed E-state index contributed by atoms with van der Waals surface area (Å²) >= 11 is 0. The highest BCUT2D eigenvalue weighted by Gasteiger charge is 2.13. The van der Waals surface area contributed by atoms with Gasteiger partial charge in [0.2, 0.25) is 0 Å². The van der Waals surface area contributed by atoms with Crippen molar-refractivity contribution >= 4 is 0 Å². The van der Waals surface area contributed by atoms with Crippen molar-refractivity contribution in [2.24, 2.45) is 0 Å². The highest BCUT2D eigenvalue weighted by atomic mass is 19.1. The molecule has 0 amide bonds. The Morgan fingerprint density at radius 3 is 2.71 bits per heavy atom. The third kappa shape index (κ3) is 2.51. The van der Waals surface area contributed by atoms with E-state index >= 15 is 0 Å². The molecule has 1 aromatic rings. The first kappa shape index (κ1) is 11.1. The fourth-order valence-corrected chi connectivity index (χ4v) is 1.51. The molecule has 0 heterocycles. The second-order valence-corrected chi connectivity index (χ2v) is 3.26. The van der Waals surface area contributed by atoms with Crippen molar-refractivity contribution in [3.8, 4) is 0 Å². The number of alkyl halides is 1. The fourth-order valence-electron chi connectivity index (χ4n) is 1.51. The lowest BCUT2D eigenvalue weighted by atomic mass is 9.99. The molecule has 0 aliphatic rings. The molecule has 0 saturated heterocycles. The second kappa shape index (κ2) is 5.05. The lowest BCUT2D eigenvalue weighted by molar-refractivity contribution is 0.287. The minimum atomic E-state index is -1.30. The first-order chi connectivity index (χ1) is 6.66. The average Bonchev–Trinajstić information content (AvgIpc) is 2.14. The summed E-state index contributed by atoms with van der Waals surface area (Å²) in [6.45, 7) is 1.36. The Morgan fingerprint density at radius 2 is 2.14 bits per heavy atom. The van der Waals surface area contributed by atoms with Crippen LogP contribution in [0.3, 0.4) is 0 Å². The van der Waals surface area contributed by atoms with Crippen LogP contribution in [0.25, 0.3) is 0 Å². The number of benzene rings is 1. The molecule has 0 aromatic heterocycles. The molecule has 0 aliphatic heterocycles. The minimum Gasteiger partial charge on any atom is -0.396 e. The molecular weight excluding hydrogens is 186 g/mol. The van der Waals surface area contributed by atoms with Crippen molar-refractivity contribution in [1.29, 1.82) is 0 Å². The third-order valence-corrected chi connectivity index (χ3v) is 2.15. The molecule has 0 spiro atoms. The Bertz CT molecular complexity index is 297. The van der Waals surface area contributed by atoms with Crippen LogP contribution >= 0.6 is 0 Å². The van der Waals surface area contributed by atoms with Crippen molar-refractivity contribution < 1.29 is 13.9 Å². The summed E-state index contributed by atoms with van der Waals surface area (Å²) in [7, 11) is 0. The Balaban J connectivity index is 2.96. The summed E-state index contributed by atoms with van der Waals surface area (Å²) in [6.07, 6.45) is -0.258. The molecule has 1 unspecified atom stereocenters. The van der Waals surface area contributed by atoms with E-state index < -0.39 is 12.0 Å². The maximum Gasteiger partial charge on any atom is 0.129 e. The van der Waals surface area contributed by atoms with Gasteiger partial charge >= 0.3 is 0 Å². The predicted molar refractivity (Wildman–Crippen MR) is 51.3 cm³/mol. The molecule has 0 bridgehead atoms. The Hall–Kier alpha value is -0.960. The number of hydrogen-bond donors (Lipinski definition) is 1. The van der Waals surface area contributed by atoms with Crippen LogP contribution in [0.15, 0.2) is 18.2 Å². The smallest absolute Gasteiger partial charge is 0.129 e. The highest BCUT2D eigenvalue weighted by molar-refractivity contribution is 5.30. The van der Waals surface area contributed by atoms with Crippen LogP contribution in [0.2, 0.25) is 0 Å². The van der Waals surface area contributed by atoms with Gasteiger partial charge < -0.3 is 5.11 Å². The van der Waals surface area contributed by atoms with Gasteiger partial charge in [0.25, 0.3) is 0 Å². The van der Waals surface area contributed by atoms with Crippen LogP contribution in [0, 0.1) is 5.82 Å². The van der Waals surface area contributed by atoms with Crippen LogP contribution in [-0.2, 0) is 6.42 Å². The molecule has 1 rings (SSSR count). The zero-order chi connectivity index (χ0) is 10.6. The highest BCUT2D eigenvalue weighted by Crippen LogP contribution is 2.25. The summed E-state index contributed by atoms with van der Waals surface area (Å²) < 4.78 is 26.3. The lowest BCUT2D eigenvalue weighted by Gasteiger charge is -2.10. The number of aliphatic hydroxyl groups excluding tert-OH is 1. The molecule has 14 heavy (non-hydrogen) atoms. The summed E-state index contributed by atoms with van der Waals surface area (Å²) in [5.74, 6) is -0.504. The van der Waals surface area contributed by atoms with Crippen LogP contribution in [0.5, 0.6) is 0 Å². The SMILES string of the molecule is CC(F)c1c(F)cccc1CCCO. The van der Waals surface area contributed by atoms with Gasteiger partial charge in [0.1, 0.15) is 12.0 Å². The maximum atomic E-state index is 13.2. The van der Waals surface area contributed by atoms with Crippen molar-refractivity contribution in [1.82, 2.24) is 0 Å². The van der Waals surface area contributed by atoms with E-state index in [2.05, 4.69) is 0 Å². The largest absolute Gasteiger partial charge is 0.396 e. The molecule has 3 heteroatoms. The van der Waals surface area contributed by atoms with Crippen LogP contribution < -0.4 is 0 Å². The zero-order valence-electron chi connectivity index (χ0n) is 8.13. The summed E-state index contributed by atoms with van der Waals surface area (Å²) in [5.41, 5.74) is 0.773. The van der Waals surface area contributed by atoms with Crippen LogP contribution in [-0.4, -0.2) is 11.7 Å². The maximum absolute atomic E-state index is 13.2. The summed E-state index contributed by atoms with van der Waals surface area (Å²) in [4.78, 5) is 0. The zero-order valence-corrected chi connectivity index (χ0v) is 8.13. The Morgan fingerprint density at radius 1 is 1.43 bits per heavy atom. The van der Waals surface area contributed by atoms with Gasteiger partial charge in [0, 0.05) is 12.2 Å². The van der Waals surface area contributed by atoms with Crippen molar-refractivity contribution in [3.63, 3.8) is 0 Å². The third-order valence-electron chi connectivity index (χ3n) is 2.15. The van der Waals surface area contributed by atoms with E-state index in [4.69, 9.17) is 5.11 Å². The average molecular weight is 200 g/mol. The second-order valence-electron chi connectivity index (χ2n) is 3.26. The molecule has 78 valence electrons. The number of hydrogen-bond acceptors (Lipinski definition) is 1. The van der Waals surface area contributed by atoms with Gasteiger partial charge in [-0.3, -0.25) is 0 Å². The first-order valence-corrected chi connectivity index (χ1v) is 4.69. The Kier molecular flexibility index (Phi) is 4.01. The fraction of sp³-hybridized carbons (Fsp3) is 0.455. The van der Waals surface area contributed by atoms with Gasteiger partial charge in [-0.15, -0.1) is 0 Å². The van der Waals surface area contributed by atoms with Crippen molar-refractivity contribution in [2.45, 2.75) is 25.9 Å². The van der Waals surface area contributed by atoms with Gasteiger partial charge in [-0.25, -0.2) is 8.78 Å². The molecule has 1 N–H and O–H groups in total. The normalized spacial score (nSPS) is 12.9. The predicted octanol–water partition coefficient (Wildman–Crippen LogP) is 2.78. The van der Waals surface area contributed by atoms with E-state index in [1.165, 1.54) is 13.0 Å². The summed E-state index contributed by atoms with van der Waals surface area (Å²) in [6, 6.07) is 4.52. The number of rotatable bonds is 4. The quantitative estimate of drug-likeness (QED) is 0.792. The molecule has 1 aromatic carbocycles. The lowest BCUT2D eigenvalue weighted by Crippen LogP contribution is -2.00. The monoisotopic (exact) mass is 200 g/mol. The van der Waals surface area contributed by atoms with E-state index in [9.17, 15) is 8.78 Å². The molecule has 1 atom stereocenters. The standard InChI is InChI=1S/C11H14F2O/c1-8(12)11-9(5-3-7-14)4-2-6-10(11)13/h2,4,6,8,14H,3,5,7H2,1H3. The molecule has 0 aliphatic carbocycles. The van der Waals surface area contributed by atoms with Crippen LogP contribution in [0.1, 0.15) is 30.6 Å². The van der Waals surface area contributed by atoms with Gasteiger partial charge in [0.05, 0.1) is 0 Å². The van der Waals surface area contributed by atoms with E-state index in [0.717, 1.165) is 0 Å². The van der Waals surface area contributed by atoms with E-state index in [-0.39, 0.29) is 12.2 Å². The number of halogens is 2. The van der Waals surface area contributed by atoms with Gasteiger partial charge in [-0.1, -0.05) is 12.1 Å². The molecular formula is C11H14F2O. The van der Waals surface area contributed by atoms with Gasteiger partial charge in [-0.2, -0.15) is 0 Å². The van der Waals surface area contributed by atoms with E-state index in [0.29, 0.717) is 18.4 Å². The topological polar surface area (TPSA) is 20.2 Å².